The van der Waals surface area contributed by atoms with Crippen LogP contribution in [0.4, 0.5) is 0 Å². The number of nitrogens with zero attached hydrogens (tertiary/aromatic N) is 3. The highest BCUT2D eigenvalue weighted by molar-refractivity contribution is 5.94. The lowest BCUT2D eigenvalue weighted by molar-refractivity contribution is 0.0908. The molecule has 1 aromatic rings. The van der Waals surface area contributed by atoms with Crippen LogP contribution in [0.25, 0.3) is 10.4 Å². The molecule has 120 valence electrons. The third-order valence-electron chi connectivity index (χ3n) is 3.25. The number of nitrogens with one attached hydrogen (secondary N) is 2. The van der Waals surface area contributed by atoms with Crippen molar-refractivity contribution in [1.29, 1.82) is 0 Å². The molecule has 1 amide bonds. The third-order valence-corrected chi connectivity index (χ3v) is 3.25. The number of benzene rings is 1. The second-order valence-electron chi connectivity index (χ2n) is 4.93. The Bertz CT molecular complexity index is 497. The number of carbonyl (C=O) groups is 1. The van der Waals surface area contributed by atoms with Crippen LogP contribution in [0.3, 0.4) is 0 Å². The molecule has 7 heteroatoms. The van der Waals surface area contributed by atoms with Crippen molar-refractivity contribution in [3.8, 4) is 0 Å². The first-order chi connectivity index (χ1) is 10.7. The van der Waals surface area contributed by atoms with Crippen LogP contribution in [0.1, 0.15) is 29.3 Å². The maximum absolute atomic E-state index is 11.9. The Labute approximate surface area is 130 Å². The van der Waals surface area contributed by atoms with E-state index in [9.17, 15) is 4.79 Å². The van der Waals surface area contributed by atoms with E-state index >= 15 is 0 Å². The highest BCUT2D eigenvalue weighted by atomic mass is 16.5. The average molecular weight is 305 g/mol. The third kappa shape index (κ3) is 7.08. The summed E-state index contributed by atoms with van der Waals surface area (Å²) in [5, 5.41) is 9.41. The second kappa shape index (κ2) is 10.6. The number of hydrogen-bond acceptors (Lipinski definition) is 4. The van der Waals surface area contributed by atoms with E-state index in [-0.39, 0.29) is 12.5 Å². The maximum atomic E-state index is 11.9. The van der Waals surface area contributed by atoms with Gasteiger partial charge in [-0.2, -0.15) is 0 Å². The molecule has 22 heavy (non-hydrogen) atoms. The molecule has 0 saturated heterocycles. The van der Waals surface area contributed by atoms with Gasteiger partial charge in [-0.25, -0.2) is 0 Å². The van der Waals surface area contributed by atoms with Gasteiger partial charge in [0.1, 0.15) is 0 Å². The number of ether oxygens (including phenoxy) is 1. The highest BCUT2D eigenvalue weighted by Crippen LogP contribution is 2.05. The van der Waals surface area contributed by atoms with Gasteiger partial charge in [0.2, 0.25) is 0 Å². The van der Waals surface area contributed by atoms with Crippen LogP contribution < -0.4 is 10.6 Å². The van der Waals surface area contributed by atoms with Crippen molar-refractivity contribution in [2.75, 3.05) is 26.8 Å². The highest BCUT2D eigenvalue weighted by Gasteiger charge is 2.04. The Morgan fingerprint density at radius 2 is 2.09 bits per heavy atom. The maximum Gasteiger partial charge on any atom is 0.251 e. The normalized spacial score (nSPS) is 11.5. The molecular weight excluding hydrogens is 282 g/mol. The monoisotopic (exact) mass is 305 g/mol. The van der Waals surface area contributed by atoms with Gasteiger partial charge in [-0.3, -0.25) is 4.79 Å². The summed E-state index contributed by atoms with van der Waals surface area (Å²) in [6.45, 7) is 4.03. The largest absolute Gasteiger partial charge is 0.380 e. The first kappa shape index (κ1) is 18.0. The Balaban J connectivity index is 2.23. The Kier molecular flexibility index (Phi) is 8.67. The molecule has 1 atom stereocenters. The summed E-state index contributed by atoms with van der Waals surface area (Å²) >= 11 is 0. The van der Waals surface area contributed by atoms with Gasteiger partial charge in [0.25, 0.3) is 5.91 Å². The minimum atomic E-state index is -0.137. The van der Waals surface area contributed by atoms with Gasteiger partial charge in [-0.1, -0.05) is 17.2 Å². The Morgan fingerprint density at radius 1 is 1.36 bits per heavy atom. The fourth-order valence-electron chi connectivity index (χ4n) is 1.72. The minimum Gasteiger partial charge on any atom is -0.380 e. The zero-order chi connectivity index (χ0) is 16.2. The van der Waals surface area contributed by atoms with Crippen molar-refractivity contribution in [2.45, 2.75) is 25.9 Å². The zero-order valence-electron chi connectivity index (χ0n) is 13.1. The van der Waals surface area contributed by atoms with E-state index in [2.05, 4.69) is 27.6 Å². The molecule has 0 aliphatic heterocycles. The molecule has 1 rings (SSSR count). The van der Waals surface area contributed by atoms with Crippen molar-refractivity contribution in [3.05, 3.63) is 45.8 Å². The quantitative estimate of drug-likeness (QED) is 0.300. The van der Waals surface area contributed by atoms with E-state index in [0.717, 1.165) is 12.0 Å². The van der Waals surface area contributed by atoms with Gasteiger partial charge < -0.3 is 15.4 Å². The molecule has 0 spiro atoms. The van der Waals surface area contributed by atoms with Crippen molar-refractivity contribution in [3.63, 3.8) is 0 Å². The van der Waals surface area contributed by atoms with Gasteiger partial charge in [0.15, 0.2) is 0 Å². The Hall–Kier alpha value is -2.08. The molecule has 0 saturated carbocycles. The van der Waals surface area contributed by atoms with Gasteiger partial charge in [0, 0.05) is 29.7 Å². The SMILES string of the molecule is CN[C@H](C)CCOCCNC(=O)c1ccc(CN=[N+]=[N-])cc1. The molecular formula is C15H23N5O2. The molecule has 0 aliphatic carbocycles. The van der Waals surface area contributed by atoms with Gasteiger partial charge in [0.05, 0.1) is 13.2 Å². The lowest BCUT2D eigenvalue weighted by atomic mass is 10.1. The van der Waals surface area contributed by atoms with E-state index in [1.54, 1.807) is 24.3 Å². The topological polar surface area (TPSA) is 99.1 Å². The van der Waals surface area contributed by atoms with E-state index in [1.165, 1.54) is 0 Å². The number of amides is 1. The van der Waals surface area contributed by atoms with E-state index < -0.39 is 0 Å². The summed E-state index contributed by atoms with van der Waals surface area (Å²) < 4.78 is 5.45. The van der Waals surface area contributed by atoms with E-state index in [0.29, 0.717) is 31.4 Å². The number of azide groups is 1. The van der Waals surface area contributed by atoms with Gasteiger partial charge in [-0.15, -0.1) is 0 Å². The first-order valence-corrected chi connectivity index (χ1v) is 7.30. The lowest BCUT2D eigenvalue weighted by Gasteiger charge is -2.10. The lowest BCUT2D eigenvalue weighted by Crippen LogP contribution is -2.28. The van der Waals surface area contributed by atoms with Crippen molar-refractivity contribution in [1.82, 2.24) is 10.6 Å². The zero-order valence-corrected chi connectivity index (χ0v) is 13.1. The fraction of sp³-hybridized carbons (Fsp3) is 0.533. The van der Waals surface area contributed by atoms with E-state index in [1.807, 2.05) is 7.05 Å². The van der Waals surface area contributed by atoms with Crippen molar-refractivity contribution >= 4 is 5.91 Å². The molecule has 1 aromatic carbocycles. The van der Waals surface area contributed by atoms with Crippen LogP contribution in [0.15, 0.2) is 29.4 Å². The predicted molar refractivity (Wildman–Crippen MR) is 85.6 cm³/mol. The standard InChI is InChI=1S/C15H23N5O2/c1-12(17-2)7-9-22-10-8-18-15(21)14-5-3-13(4-6-14)11-19-20-16/h3-6,12,17H,7-11H2,1-2H3,(H,18,21)/t12-/m1/s1. The first-order valence-electron chi connectivity index (χ1n) is 7.30. The smallest absolute Gasteiger partial charge is 0.251 e. The molecule has 2 N–H and O–H groups in total. The van der Waals surface area contributed by atoms with Crippen molar-refractivity contribution < 1.29 is 9.53 Å². The van der Waals surface area contributed by atoms with Crippen LogP contribution in [-0.2, 0) is 11.3 Å². The molecule has 7 nitrogen and oxygen atoms in total. The number of rotatable bonds is 10. The summed E-state index contributed by atoms with van der Waals surface area (Å²) in [5.74, 6) is -0.137. The molecule has 0 fully saturated rings. The summed E-state index contributed by atoms with van der Waals surface area (Å²) in [5.41, 5.74) is 9.70. The molecule has 0 radical (unpaired) electrons. The number of hydrogen-bond donors (Lipinski definition) is 2. The summed E-state index contributed by atoms with van der Waals surface area (Å²) in [7, 11) is 1.92. The minimum absolute atomic E-state index is 0.137. The average Bonchev–Trinajstić information content (AvgIpc) is 2.56. The summed E-state index contributed by atoms with van der Waals surface area (Å²) in [6.07, 6.45) is 0.942. The van der Waals surface area contributed by atoms with Crippen LogP contribution in [-0.4, -0.2) is 38.8 Å². The van der Waals surface area contributed by atoms with Crippen LogP contribution in [0.2, 0.25) is 0 Å². The molecule has 0 aliphatic rings. The van der Waals surface area contributed by atoms with Gasteiger partial charge >= 0.3 is 0 Å². The van der Waals surface area contributed by atoms with E-state index in [4.69, 9.17) is 10.3 Å². The molecule has 0 unspecified atom stereocenters. The van der Waals surface area contributed by atoms with Crippen molar-refractivity contribution in [2.24, 2.45) is 5.11 Å². The Morgan fingerprint density at radius 3 is 2.73 bits per heavy atom. The predicted octanol–water partition coefficient (Wildman–Crippen LogP) is 2.24. The molecule has 0 aromatic heterocycles. The van der Waals surface area contributed by atoms with Gasteiger partial charge in [-0.05, 0) is 43.6 Å². The second-order valence-corrected chi connectivity index (χ2v) is 4.93. The molecule has 0 heterocycles. The van der Waals surface area contributed by atoms with Crippen LogP contribution in [0.5, 0.6) is 0 Å². The van der Waals surface area contributed by atoms with Crippen LogP contribution >= 0.6 is 0 Å². The van der Waals surface area contributed by atoms with Crippen LogP contribution in [0, 0.1) is 0 Å². The summed E-state index contributed by atoms with van der Waals surface area (Å²) in [6, 6.07) is 7.41. The fourth-order valence-corrected chi connectivity index (χ4v) is 1.72. The molecule has 0 bridgehead atoms. The number of carbonyl (C=O) groups excluding carboxylic acids is 1. The summed E-state index contributed by atoms with van der Waals surface area (Å²) in [4.78, 5) is 14.6.